The lowest BCUT2D eigenvalue weighted by Crippen LogP contribution is -2.30. The number of amides is 1. The van der Waals surface area contributed by atoms with Crippen LogP contribution in [0.3, 0.4) is 0 Å². The molecule has 0 fully saturated rings. The van der Waals surface area contributed by atoms with Crippen molar-refractivity contribution in [1.29, 1.82) is 0 Å². The standard InChI is InChI=1S/C13H13ClN4O/c14-12-10(2-1-4-16-12)17-13(19)9-3-6-18-7-5-15-11(18)8-9/h1-2,4-5,7,9H,3,6,8H2,(H,17,19). The van der Waals surface area contributed by atoms with Crippen molar-refractivity contribution < 1.29 is 4.79 Å². The average Bonchev–Trinajstić information content (AvgIpc) is 2.88. The van der Waals surface area contributed by atoms with E-state index < -0.39 is 0 Å². The first-order valence-electron chi connectivity index (χ1n) is 6.15. The van der Waals surface area contributed by atoms with E-state index in [4.69, 9.17) is 11.6 Å². The van der Waals surface area contributed by atoms with E-state index in [0.717, 1.165) is 18.8 Å². The summed E-state index contributed by atoms with van der Waals surface area (Å²) in [6, 6.07) is 3.49. The number of aromatic nitrogens is 3. The molecule has 1 atom stereocenters. The van der Waals surface area contributed by atoms with Crippen LogP contribution in [0.25, 0.3) is 0 Å². The second-order valence-electron chi connectivity index (χ2n) is 4.56. The predicted octanol–water partition coefficient (Wildman–Crippen LogP) is 2.13. The zero-order chi connectivity index (χ0) is 13.2. The molecule has 19 heavy (non-hydrogen) atoms. The maximum atomic E-state index is 12.2. The Balaban J connectivity index is 1.71. The highest BCUT2D eigenvalue weighted by Gasteiger charge is 2.25. The molecular weight excluding hydrogens is 264 g/mol. The summed E-state index contributed by atoms with van der Waals surface area (Å²) < 4.78 is 2.08. The summed E-state index contributed by atoms with van der Waals surface area (Å²) in [7, 11) is 0. The number of aryl methyl sites for hydroxylation is 1. The van der Waals surface area contributed by atoms with E-state index in [9.17, 15) is 4.79 Å². The lowest BCUT2D eigenvalue weighted by Gasteiger charge is -2.22. The van der Waals surface area contributed by atoms with E-state index in [0.29, 0.717) is 17.3 Å². The van der Waals surface area contributed by atoms with Gasteiger partial charge in [0, 0.05) is 37.5 Å². The normalized spacial score (nSPS) is 17.8. The van der Waals surface area contributed by atoms with Crippen molar-refractivity contribution in [3.05, 3.63) is 41.7 Å². The van der Waals surface area contributed by atoms with Crippen LogP contribution in [-0.4, -0.2) is 20.4 Å². The number of fused-ring (bicyclic) bond motifs is 1. The molecule has 6 heteroatoms. The van der Waals surface area contributed by atoms with Crippen molar-refractivity contribution >= 4 is 23.2 Å². The third-order valence-electron chi connectivity index (χ3n) is 3.34. The Morgan fingerprint density at radius 3 is 3.16 bits per heavy atom. The van der Waals surface area contributed by atoms with Gasteiger partial charge in [0.05, 0.1) is 5.69 Å². The van der Waals surface area contributed by atoms with Crippen molar-refractivity contribution in [2.24, 2.45) is 5.92 Å². The number of carbonyl (C=O) groups is 1. The molecular formula is C13H13ClN4O. The molecule has 1 aliphatic heterocycles. The molecule has 1 amide bonds. The summed E-state index contributed by atoms with van der Waals surface area (Å²) in [6.45, 7) is 0.828. The third-order valence-corrected chi connectivity index (χ3v) is 3.64. The molecule has 0 aromatic carbocycles. The number of imidazole rings is 1. The van der Waals surface area contributed by atoms with E-state index in [2.05, 4.69) is 19.9 Å². The van der Waals surface area contributed by atoms with Crippen LogP contribution in [0.1, 0.15) is 12.2 Å². The molecule has 0 spiro atoms. The fourth-order valence-corrected chi connectivity index (χ4v) is 2.46. The average molecular weight is 277 g/mol. The summed E-state index contributed by atoms with van der Waals surface area (Å²) in [6.07, 6.45) is 6.79. The molecule has 3 rings (SSSR count). The van der Waals surface area contributed by atoms with Gasteiger partial charge < -0.3 is 9.88 Å². The van der Waals surface area contributed by atoms with Crippen LogP contribution in [-0.2, 0) is 17.8 Å². The third kappa shape index (κ3) is 2.46. The van der Waals surface area contributed by atoms with E-state index in [-0.39, 0.29) is 11.8 Å². The number of rotatable bonds is 2. The molecule has 0 saturated carbocycles. The Hall–Kier alpha value is -1.88. The number of carbonyl (C=O) groups excluding carboxylic acids is 1. The van der Waals surface area contributed by atoms with Crippen LogP contribution >= 0.6 is 11.6 Å². The Labute approximate surface area is 115 Å². The van der Waals surface area contributed by atoms with Crippen LogP contribution in [0, 0.1) is 5.92 Å². The second-order valence-corrected chi connectivity index (χ2v) is 4.92. The number of nitrogens with zero attached hydrogens (tertiary/aromatic N) is 3. The minimum absolute atomic E-state index is 0.0239. The SMILES string of the molecule is O=C(Nc1cccnc1Cl)C1CCn2ccnc2C1. The molecule has 98 valence electrons. The van der Waals surface area contributed by atoms with Crippen molar-refractivity contribution in [3.63, 3.8) is 0 Å². The number of halogens is 1. The Bertz CT molecular complexity index is 610. The van der Waals surface area contributed by atoms with Crippen molar-refractivity contribution in [1.82, 2.24) is 14.5 Å². The molecule has 1 unspecified atom stereocenters. The molecule has 2 aromatic heterocycles. The maximum absolute atomic E-state index is 12.2. The first-order chi connectivity index (χ1) is 9.24. The van der Waals surface area contributed by atoms with E-state index >= 15 is 0 Å². The second kappa shape index (κ2) is 5.01. The van der Waals surface area contributed by atoms with Gasteiger partial charge in [0.1, 0.15) is 5.82 Å². The highest BCUT2D eigenvalue weighted by atomic mass is 35.5. The van der Waals surface area contributed by atoms with Gasteiger partial charge in [-0.05, 0) is 18.6 Å². The van der Waals surface area contributed by atoms with Gasteiger partial charge in [-0.25, -0.2) is 9.97 Å². The minimum Gasteiger partial charge on any atom is -0.335 e. The van der Waals surface area contributed by atoms with Crippen LogP contribution in [0.15, 0.2) is 30.7 Å². The summed E-state index contributed by atoms with van der Waals surface area (Å²) in [4.78, 5) is 20.4. The highest BCUT2D eigenvalue weighted by molar-refractivity contribution is 6.32. The fourth-order valence-electron chi connectivity index (χ4n) is 2.29. The van der Waals surface area contributed by atoms with Crippen molar-refractivity contribution in [2.75, 3.05) is 5.32 Å². The van der Waals surface area contributed by atoms with Gasteiger partial charge in [-0.15, -0.1) is 0 Å². The van der Waals surface area contributed by atoms with Crippen molar-refractivity contribution in [3.8, 4) is 0 Å². The topological polar surface area (TPSA) is 59.8 Å². The van der Waals surface area contributed by atoms with Crippen LogP contribution < -0.4 is 5.32 Å². The molecule has 2 aromatic rings. The maximum Gasteiger partial charge on any atom is 0.228 e. The van der Waals surface area contributed by atoms with Gasteiger partial charge in [0.25, 0.3) is 0 Å². The Kier molecular flexibility index (Phi) is 3.21. The van der Waals surface area contributed by atoms with Crippen LogP contribution in [0.2, 0.25) is 5.15 Å². The van der Waals surface area contributed by atoms with Gasteiger partial charge in [-0.2, -0.15) is 0 Å². The Morgan fingerprint density at radius 1 is 1.42 bits per heavy atom. The van der Waals surface area contributed by atoms with E-state index in [1.165, 1.54) is 0 Å². The number of nitrogens with one attached hydrogen (secondary N) is 1. The van der Waals surface area contributed by atoms with Gasteiger partial charge in [-0.3, -0.25) is 4.79 Å². The molecule has 0 saturated heterocycles. The van der Waals surface area contributed by atoms with Crippen LogP contribution in [0.5, 0.6) is 0 Å². The predicted molar refractivity (Wildman–Crippen MR) is 71.9 cm³/mol. The summed E-state index contributed by atoms with van der Waals surface area (Å²) >= 11 is 5.93. The molecule has 0 aliphatic carbocycles. The number of pyridine rings is 1. The fraction of sp³-hybridized carbons (Fsp3) is 0.308. The number of anilines is 1. The van der Waals surface area contributed by atoms with Gasteiger partial charge in [-0.1, -0.05) is 11.6 Å². The van der Waals surface area contributed by atoms with Crippen molar-refractivity contribution in [2.45, 2.75) is 19.4 Å². The zero-order valence-corrected chi connectivity index (χ0v) is 11.0. The molecule has 0 bridgehead atoms. The summed E-state index contributed by atoms with van der Waals surface area (Å²) in [5.41, 5.74) is 0.558. The quantitative estimate of drug-likeness (QED) is 0.855. The Morgan fingerprint density at radius 2 is 2.32 bits per heavy atom. The summed E-state index contributed by atoms with van der Waals surface area (Å²) in [5.74, 6) is 0.874. The lowest BCUT2D eigenvalue weighted by molar-refractivity contribution is -0.120. The first kappa shape index (κ1) is 12.2. The summed E-state index contributed by atoms with van der Waals surface area (Å²) in [5, 5.41) is 3.15. The van der Waals surface area contributed by atoms with E-state index in [1.807, 2.05) is 6.20 Å². The monoisotopic (exact) mass is 276 g/mol. The highest BCUT2D eigenvalue weighted by Crippen LogP contribution is 2.23. The first-order valence-corrected chi connectivity index (χ1v) is 6.53. The molecule has 0 radical (unpaired) electrons. The number of hydrogen-bond acceptors (Lipinski definition) is 3. The van der Waals surface area contributed by atoms with Gasteiger partial charge in [0.15, 0.2) is 5.15 Å². The van der Waals surface area contributed by atoms with Gasteiger partial charge >= 0.3 is 0 Å². The molecule has 5 nitrogen and oxygen atoms in total. The lowest BCUT2D eigenvalue weighted by atomic mass is 9.97. The molecule has 3 heterocycles. The minimum atomic E-state index is -0.0637. The van der Waals surface area contributed by atoms with E-state index in [1.54, 1.807) is 24.5 Å². The van der Waals surface area contributed by atoms with Crippen LogP contribution in [0.4, 0.5) is 5.69 Å². The molecule has 1 N–H and O–H groups in total. The van der Waals surface area contributed by atoms with Gasteiger partial charge in [0.2, 0.25) is 5.91 Å². The number of hydrogen-bond donors (Lipinski definition) is 1. The zero-order valence-electron chi connectivity index (χ0n) is 10.2. The largest absolute Gasteiger partial charge is 0.335 e. The molecule has 1 aliphatic rings. The smallest absolute Gasteiger partial charge is 0.228 e.